The topological polar surface area (TPSA) is 128 Å². The van der Waals surface area contributed by atoms with Gasteiger partial charge in [0.05, 0.1) is 16.6 Å². The predicted molar refractivity (Wildman–Crippen MR) is 141 cm³/mol. The lowest BCUT2D eigenvalue weighted by molar-refractivity contribution is 0.102. The highest BCUT2D eigenvalue weighted by molar-refractivity contribution is 7.17. The molecule has 3 aromatic heterocycles. The van der Waals surface area contributed by atoms with Crippen molar-refractivity contribution >= 4 is 45.9 Å². The van der Waals surface area contributed by atoms with Crippen molar-refractivity contribution in [3.63, 3.8) is 0 Å². The first-order chi connectivity index (χ1) is 16.6. The molecule has 4 N–H and O–H groups in total. The van der Waals surface area contributed by atoms with E-state index in [2.05, 4.69) is 46.5 Å². The van der Waals surface area contributed by atoms with Gasteiger partial charge < -0.3 is 16.4 Å². The largest absolute Gasteiger partial charge is 0.398 e. The van der Waals surface area contributed by atoms with Crippen molar-refractivity contribution in [2.75, 3.05) is 16.4 Å². The number of nitrogen functional groups attached to an aromatic ring is 1. The van der Waals surface area contributed by atoms with Crippen LogP contribution in [0.4, 0.5) is 22.3 Å². The van der Waals surface area contributed by atoms with E-state index >= 15 is 0 Å². The number of nitrogens with one attached hydrogen (secondary N) is 2. The Morgan fingerprint density at radius 2 is 1.89 bits per heavy atom. The predicted octanol–water partition coefficient (Wildman–Crippen LogP) is 5.18. The number of benzene rings is 1. The Balaban J connectivity index is 0.000000211. The number of carbonyl (C=O) groups excluding carboxylic acids is 2. The highest BCUT2D eigenvalue weighted by atomic mass is 32.1. The normalized spacial score (nSPS) is 10.8. The Kier molecular flexibility index (Phi) is 7.98. The fraction of sp³-hybridized carbons (Fsp3) is 0.240. The van der Waals surface area contributed by atoms with Gasteiger partial charge in [-0.25, -0.2) is 9.97 Å². The minimum atomic E-state index is -0.232. The maximum Gasteiger partial charge on any atom is 0.276 e. The second kappa shape index (κ2) is 10.9. The van der Waals surface area contributed by atoms with Crippen molar-refractivity contribution in [3.05, 3.63) is 76.7 Å². The molecule has 0 saturated carbocycles. The molecule has 4 rings (SSSR count). The number of aromatic nitrogens is 4. The Bertz CT molecular complexity index is 1310. The summed E-state index contributed by atoms with van der Waals surface area (Å²) in [6, 6.07) is 12.8. The van der Waals surface area contributed by atoms with Crippen LogP contribution in [0, 0.1) is 13.8 Å². The molecule has 0 saturated heterocycles. The van der Waals surface area contributed by atoms with Crippen LogP contribution in [-0.4, -0.2) is 31.9 Å². The van der Waals surface area contributed by atoms with E-state index < -0.39 is 0 Å². The van der Waals surface area contributed by atoms with Crippen molar-refractivity contribution < 1.29 is 9.59 Å². The maximum atomic E-state index is 12.3. The molecule has 0 aliphatic rings. The van der Waals surface area contributed by atoms with Gasteiger partial charge in [0.2, 0.25) is 0 Å². The molecule has 0 aliphatic heterocycles. The zero-order chi connectivity index (χ0) is 25.6. The van der Waals surface area contributed by atoms with Gasteiger partial charge in [-0.05, 0) is 70.5 Å². The van der Waals surface area contributed by atoms with Crippen molar-refractivity contribution in [1.29, 1.82) is 0 Å². The molecule has 0 unspecified atom stereocenters. The van der Waals surface area contributed by atoms with Crippen LogP contribution in [0.25, 0.3) is 0 Å². The number of thiazole rings is 1. The number of nitrogens with two attached hydrogens (primary N) is 1. The van der Waals surface area contributed by atoms with Gasteiger partial charge in [0.15, 0.2) is 17.1 Å². The van der Waals surface area contributed by atoms with E-state index in [-0.39, 0.29) is 11.4 Å². The molecule has 1 amide bonds. The molecular formula is C25H29N7O2S. The number of aryl methyl sites for hydroxylation is 2. The number of pyridine rings is 1. The summed E-state index contributed by atoms with van der Waals surface area (Å²) in [6.07, 6.45) is 4.00. The van der Waals surface area contributed by atoms with Crippen LogP contribution in [0.5, 0.6) is 0 Å². The number of hydrogen-bond acceptors (Lipinski definition) is 8. The van der Waals surface area contributed by atoms with Crippen molar-refractivity contribution in [3.8, 4) is 0 Å². The average Bonchev–Trinajstić information content (AvgIpc) is 3.43. The smallest absolute Gasteiger partial charge is 0.276 e. The molecule has 35 heavy (non-hydrogen) atoms. The van der Waals surface area contributed by atoms with E-state index in [1.54, 1.807) is 18.3 Å². The highest BCUT2D eigenvalue weighted by Gasteiger charge is 2.20. The Labute approximate surface area is 208 Å². The van der Waals surface area contributed by atoms with Gasteiger partial charge in [-0.3, -0.25) is 14.3 Å². The number of rotatable bonds is 5. The van der Waals surface area contributed by atoms with Crippen LogP contribution in [0.15, 0.2) is 54.9 Å². The van der Waals surface area contributed by atoms with Gasteiger partial charge in [-0.15, -0.1) is 0 Å². The van der Waals surface area contributed by atoms with E-state index in [9.17, 15) is 9.59 Å². The summed E-state index contributed by atoms with van der Waals surface area (Å²) in [7, 11) is 0. The van der Waals surface area contributed by atoms with Gasteiger partial charge in [0, 0.05) is 23.3 Å². The monoisotopic (exact) mass is 491 g/mol. The van der Waals surface area contributed by atoms with Crippen molar-refractivity contribution in [2.45, 2.75) is 40.2 Å². The number of nitrogens with zero attached hydrogens (tertiary/aromatic N) is 4. The van der Waals surface area contributed by atoms with E-state index in [4.69, 9.17) is 5.73 Å². The SMILES string of the molecule is Cc1ccc(NC(=O)c2cc(C)n(C(C)(C)C)n2)cc1N.O=Cc1cnc(Nc2ccccn2)s1. The summed E-state index contributed by atoms with van der Waals surface area (Å²) in [6.45, 7) is 10.0. The molecule has 0 bridgehead atoms. The Morgan fingerprint density at radius 3 is 2.46 bits per heavy atom. The van der Waals surface area contributed by atoms with Gasteiger partial charge in [0.1, 0.15) is 5.82 Å². The Morgan fingerprint density at radius 1 is 1.11 bits per heavy atom. The van der Waals surface area contributed by atoms with Crippen molar-refractivity contribution in [2.24, 2.45) is 0 Å². The van der Waals surface area contributed by atoms with E-state index in [1.165, 1.54) is 17.5 Å². The maximum absolute atomic E-state index is 12.3. The first kappa shape index (κ1) is 25.6. The molecule has 0 radical (unpaired) electrons. The zero-order valence-corrected chi connectivity index (χ0v) is 21.2. The fourth-order valence-electron chi connectivity index (χ4n) is 3.12. The fourth-order valence-corrected chi connectivity index (χ4v) is 3.76. The van der Waals surface area contributed by atoms with E-state index in [0.717, 1.165) is 23.4 Å². The van der Waals surface area contributed by atoms with E-state index in [1.807, 2.05) is 48.9 Å². The standard InChI is InChI=1S/C16H22N4O.C9H7N3OS/c1-10-6-7-12(9-13(10)17)18-15(21)14-8-11(2)20(19-14)16(3,4)5;13-6-7-5-11-9(14-7)12-8-3-1-2-4-10-8/h6-9H,17H2,1-5H3,(H,18,21);1-6H,(H,10,11,12). The van der Waals surface area contributed by atoms with Gasteiger partial charge >= 0.3 is 0 Å². The number of amides is 1. The van der Waals surface area contributed by atoms with Gasteiger partial charge in [0.25, 0.3) is 5.91 Å². The molecule has 1 aromatic carbocycles. The minimum absolute atomic E-state index is 0.156. The molecule has 0 atom stereocenters. The third kappa shape index (κ3) is 6.97. The van der Waals surface area contributed by atoms with Crippen LogP contribution in [0.3, 0.4) is 0 Å². The number of anilines is 4. The average molecular weight is 492 g/mol. The molecule has 3 heterocycles. The number of aldehydes is 1. The summed E-state index contributed by atoms with van der Waals surface area (Å²) >= 11 is 1.30. The first-order valence-corrected chi connectivity index (χ1v) is 11.7. The number of hydrogen-bond donors (Lipinski definition) is 3. The molecule has 0 spiro atoms. The third-order valence-electron chi connectivity index (χ3n) is 4.83. The van der Waals surface area contributed by atoms with Crippen LogP contribution < -0.4 is 16.4 Å². The van der Waals surface area contributed by atoms with Crippen LogP contribution in [-0.2, 0) is 5.54 Å². The molecule has 10 heteroatoms. The summed E-state index contributed by atoms with van der Waals surface area (Å²) < 4.78 is 1.85. The highest BCUT2D eigenvalue weighted by Crippen LogP contribution is 2.21. The quantitative estimate of drug-likeness (QED) is 0.259. The third-order valence-corrected chi connectivity index (χ3v) is 5.67. The Hall–Kier alpha value is -4.05. The molecule has 0 aliphatic carbocycles. The molecule has 0 fully saturated rings. The van der Waals surface area contributed by atoms with Crippen LogP contribution in [0.2, 0.25) is 0 Å². The summed E-state index contributed by atoms with van der Waals surface area (Å²) in [5, 5.41) is 10.9. The molecule has 182 valence electrons. The minimum Gasteiger partial charge on any atom is -0.398 e. The second-order valence-electron chi connectivity index (χ2n) is 8.80. The molecular weight excluding hydrogens is 462 g/mol. The zero-order valence-electron chi connectivity index (χ0n) is 20.4. The molecule has 4 aromatic rings. The van der Waals surface area contributed by atoms with Gasteiger partial charge in [-0.2, -0.15) is 5.10 Å². The lowest BCUT2D eigenvalue weighted by atomic mass is 10.1. The van der Waals surface area contributed by atoms with Gasteiger partial charge in [-0.1, -0.05) is 23.5 Å². The summed E-state index contributed by atoms with van der Waals surface area (Å²) in [5.74, 6) is 0.489. The number of carbonyl (C=O) groups is 2. The summed E-state index contributed by atoms with van der Waals surface area (Å²) in [4.78, 5) is 31.4. The lowest BCUT2D eigenvalue weighted by Gasteiger charge is -2.21. The second-order valence-corrected chi connectivity index (χ2v) is 9.87. The van der Waals surface area contributed by atoms with E-state index in [0.29, 0.717) is 27.1 Å². The van der Waals surface area contributed by atoms with Crippen LogP contribution in [0.1, 0.15) is 52.2 Å². The van der Waals surface area contributed by atoms with Crippen LogP contribution >= 0.6 is 11.3 Å². The summed E-state index contributed by atoms with van der Waals surface area (Å²) in [5.41, 5.74) is 9.37. The molecule has 9 nitrogen and oxygen atoms in total. The van der Waals surface area contributed by atoms with Crippen molar-refractivity contribution in [1.82, 2.24) is 19.7 Å². The first-order valence-electron chi connectivity index (χ1n) is 10.9. The lowest BCUT2D eigenvalue weighted by Crippen LogP contribution is -2.25.